The molecule has 0 aromatic carbocycles. The molecule has 0 aliphatic heterocycles. The van der Waals surface area contributed by atoms with Gasteiger partial charge < -0.3 is 4.74 Å². The van der Waals surface area contributed by atoms with Crippen molar-refractivity contribution in [2.45, 2.75) is 56.7 Å². The number of halogens is 6. The van der Waals surface area contributed by atoms with Gasteiger partial charge in [-0.25, -0.2) is 13.6 Å². The van der Waals surface area contributed by atoms with Crippen LogP contribution in [0.1, 0.15) is 33.6 Å². The molecule has 0 heterocycles. The predicted molar refractivity (Wildman–Crippen MR) is 53.2 cm³/mol. The summed E-state index contributed by atoms with van der Waals surface area (Å²) < 4.78 is 84.2. The molecule has 0 saturated heterocycles. The summed E-state index contributed by atoms with van der Waals surface area (Å²) in [6.07, 6.45) is -5.00. The fraction of sp³-hybridized carbons (Fsp3) is 0.818. The maximum atomic E-state index is 14.1. The van der Waals surface area contributed by atoms with Crippen LogP contribution < -0.4 is 0 Å². The van der Waals surface area contributed by atoms with Crippen molar-refractivity contribution in [1.82, 2.24) is 0 Å². The van der Waals surface area contributed by atoms with Crippen LogP contribution in [-0.4, -0.2) is 29.1 Å². The second-order valence-electron chi connectivity index (χ2n) is 5.36. The van der Waals surface area contributed by atoms with Crippen LogP contribution in [0.5, 0.6) is 0 Å². The Bertz CT molecular complexity index is 376. The molecule has 1 rings (SSSR count). The molecule has 1 saturated carbocycles. The van der Waals surface area contributed by atoms with Crippen LogP contribution in [0.3, 0.4) is 0 Å². The summed E-state index contributed by atoms with van der Waals surface area (Å²) >= 11 is 0. The lowest BCUT2D eigenvalue weighted by Gasteiger charge is -2.42. The largest absolute Gasteiger partial charge is 0.457 e. The molecule has 2 nitrogen and oxygen atoms in total. The van der Waals surface area contributed by atoms with Crippen LogP contribution in [0.4, 0.5) is 26.3 Å². The van der Waals surface area contributed by atoms with E-state index in [1.54, 1.807) is 0 Å². The van der Waals surface area contributed by atoms with E-state index in [1.807, 2.05) is 0 Å². The number of rotatable bonds is 1. The monoisotopic (exact) mass is 291 g/mol. The van der Waals surface area contributed by atoms with Crippen molar-refractivity contribution in [1.29, 1.82) is 0 Å². The number of carbonyl (C=O) groups is 1. The summed E-state index contributed by atoms with van der Waals surface area (Å²) in [5, 5.41) is 0. The van der Waals surface area contributed by atoms with E-state index >= 15 is 0 Å². The minimum Gasteiger partial charge on any atom is -0.457 e. The summed E-state index contributed by atoms with van der Waals surface area (Å²) in [5.74, 6) is -12.9. The fourth-order valence-electron chi connectivity index (χ4n) is 1.60. The highest BCUT2D eigenvalue weighted by Gasteiger charge is 2.79. The predicted octanol–water partition coefficient (Wildman–Crippen LogP) is 3.60. The molecule has 1 fully saturated rings. The molecular formula is C11H13F6O2. The van der Waals surface area contributed by atoms with Crippen molar-refractivity contribution < 1.29 is 35.9 Å². The second kappa shape index (κ2) is 4.28. The third kappa shape index (κ3) is 2.41. The summed E-state index contributed by atoms with van der Waals surface area (Å²) in [7, 11) is 0. The average Bonchev–Trinajstić information content (AvgIpc) is 2.20. The third-order valence-corrected chi connectivity index (χ3v) is 2.64. The van der Waals surface area contributed by atoms with Crippen molar-refractivity contribution in [3.63, 3.8) is 0 Å². The van der Waals surface area contributed by atoms with Gasteiger partial charge in [-0.15, -0.1) is 0 Å². The zero-order valence-electron chi connectivity index (χ0n) is 10.5. The third-order valence-electron chi connectivity index (χ3n) is 2.64. The Morgan fingerprint density at radius 3 is 2.05 bits per heavy atom. The number of alkyl halides is 5. The molecule has 0 bridgehead atoms. The lowest BCUT2D eigenvalue weighted by atomic mass is 9.79. The first-order chi connectivity index (χ1) is 8.26. The maximum absolute atomic E-state index is 14.1. The molecule has 0 spiro atoms. The molecule has 1 aliphatic rings. The highest BCUT2D eigenvalue weighted by atomic mass is 19.3. The van der Waals surface area contributed by atoms with Crippen molar-refractivity contribution in [2.24, 2.45) is 0 Å². The van der Waals surface area contributed by atoms with E-state index < -0.39 is 48.1 Å². The Kier molecular flexibility index (Phi) is 3.62. The average molecular weight is 291 g/mol. The van der Waals surface area contributed by atoms with Gasteiger partial charge in [-0.3, -0.25) is 0 Å². The Morgan fingerprint density at radius 1 is 1.16 bits per heavy atom. The van der Waals surface area contributed by atoms with Crippen LogP contribution >= 0.6 is 0 Å². The fourth-order valence-corrected chi connectivity index (χ4v) is 1.60. The quantitative estimate of drug-likeness (QED) is 0.545. The first-order valence-corrected chi connectivity index (χ1v) is 5.45. The van der Waals surface area contributed by atoms with Gasteiger partial charge in [0.25, 0.3) is 5.67 Å². The number of esters is 1. The number of ether oxygens (including phenoxy) is 1. The van der Waals surface area contributed by atoms with Gasteiger partial charge in [0.1, 0.15) is 5.60 Å². The molecule has 111 valence electrons. The van der Waals surface area contributed by atoms with Crippen LogP contribution in [0.25, 0.3) is 0 Å². The van der Waals surface area contributed by atoms with Crippen LogP contribution in [0.15, 0.2) is 0 Å². The van der Waals surface area contributed by atoms with Gasteiger partial charge in [0.15, 0.2) is 0 Å². The van der Waals surface area contributed by atoms with Crippen molar-refractivity contribution in [2.75, 3.05) is 0 Å². The van der Waals surface area contributed by atoms with E-state index in [1.165, 1.54) is 20.8 Å². The first kappa shape index (κ1) is 16.1. The zero-order valence-corrected chi connectivity index (χ0v) is 10.5. The van der Waals surface area contributed by atoms with Crippen molar-refractivity contribution >= 4 is 5.97 Å². The SMILES string of the molecule is CC(C)(C)OC(=O)C1(F)CC[C](F)C(F)(F)C1(F)F. The van der Waals surface area contributed by atoms with Crippen molar-refractivity contribution in [3.05, 3.63) is 6.17 Å². The zero-order chi connectivity index (χ0) is 15.3. The Hall–Kier alpha value is -0.950. The lowest BCUT2D eigenvalue weighted by molar-refractivity contribution is -0.291. The number of carbonyl (C=O) groups excluding carboxylic acids is 1. The Labute approximate surface area is 106 Å². The molecule has 1 radical (unpaired) electrons. The summed E-state index contributed by atoms with van der Waals surface area (Å²) in [4.78, 5) is 11.4. The molecule has 8 heteroatoms. The molecule has 0 aromatic heterocycles. The molecule has 1 aliphatic carbocycles. The second-order valence-corrected chi connectivity index (χ2v) is 5.36. The maximum Gasteiger partial charge on any atom is 0.357 e. The van der Waals surface area contributed by atoms with E-state index in [2.05, 4.69) is 4.74 Å². The van der Waals surface area contributed by atoms with E-state index in [0.29, 0.717) is 0 Å². The van der Waals surface area contributed by atoms with Gasteiger partial charge >= 0.3 is 17.8 Å². The lowest BCUT2D eigenvalue weighted by Crippen LogP contribution is -2.65. The normalized spacial score (nSPS) is 31.0. The number of hydrogen-bond donors (Lipinski definition) is 0. The highest BCUT2D eigenvalue weighted by Crippen LogP contribution is 2.57. The topological polar surface area (TPSA) is 26.3 Å². The molecule has 19 heavy (non-hydrogen) atoms. The van der Waals surface area contributed by atoms with Gasteiger partial charge in [0.05, 0.1) is 0 Å². The summed E-state index contributed by atoms with van der Waals surface area (Å²) in [6.45, 7) is 3.79. The van der Waals surface area contributed by atoms with E-state index in [-0.39, 0.29) is 0 Å². The van der Waals surface area contributed by atoms with Gasteiger partial charge in [-0.05, 0) is 27.2 Å². The van der Waals surface area contributed by atoms with Crippen LogP contribution in [-0.2, 0) is 9.53 Å². The first-order valence-electron chi connectivity index (χ1n) is 5.45. The van der Waals surface area contributed by atoms with Gasteiger partial charge in [0, 0.05) is 6.42 Å². The highest BCUT2D eigenvalue weighted by molar-refractivity contribution is 5.82. The van der Waals surface area contributed by atoms with E-state index in [0.717, 1.165) is 0 Å². The van der Waals surface area contributed by atoms with Crippen molar-refractivity contribution in [3.8, 4) is 0 Å². The molecule has 0 N–H and O–H groups in total. The van der Waals surface area contributed by atoms with Gasteiger partial charge in [-0.1, -0.05) is 0 Å². The molecule has 1 unspecified atom stereocenters. The molecular weight excluding hydrogens is 278 g/mol. The number of hydrogen-bond acceptors (Lipinski definition) is 2. The standard InChI is InChI=1S/C11H13F6O2/c1-8(2,3)19-7(18)9(13)5-4-6(12)10(14,15)11(9,16)17/h4-5H2,1-3H3. The summed E-state index contributed by atoms with van der Waals surface area (Å²) in [5.41, 5.74) is -5.58. The van der Waals surface area contributed by atoms with Crippen LogP contribution in [0.2, 0.25) is 0 Å². The molecule has 0 aromatic rings. The Morgan fingerprint density at radius 2 is 1.63 bits per heavy atom. The minimum absolute atomic E-state index is 1.26. The minimum atomic E-state index is -5.50. The van der Waals surface area contributed by atoms with Gasteiger partial charge in [0.2, 0.25) is 6.17 Å². The van der Waals surface area contributed by atoms with Crippen LogP contribution in [0, 0.1) is 6.17 Å². The van der Waals surface area contributed by atoms with Gasteiger partial charge in [-0.2, -0.15) is 17.6 Å². The molecule has 1 atom stereocenters. The molecule has 0 amide bonds. The Balaban J connectivity index is 3.14. The summed E-state index contributed by atoms with van der Waals surface area (Å²) in [6, 6.07) is 0. The van der Waals surface area contributed by atoms with E-state index in [4.69, 9.17) is 0 Å². The van der Waals surface area contributed by atoms with E-state index in [9.17, 15) is 31.1 Å². The smallest absolute Gasteiger partial charge is 0.357 e.